The van der Waals surface area contributed by atoms with Crippen molar-refractivity contribution in [2.45, 2.75) is 76.9 Å². The first kappa shape index (κ1) is 28.2. The molecule has 0 aliphatic heterocycles. The highest BCUT2D eigenvalue weighted by Crippen LogP contribution is 2.37. The van der Waals surface area contributed by atoms with Crippen LogP contribution in [0.15, 0.2) is 48.7 Å². The summed E-state index contributed by atoms with van der Waals surface area (Å²) in [7, 11) is 0. The number of nitrogens with two attached hydrogens (primary N) is 2. The molecule has 1 aliphatic rings. The molecule has 0 bridgehead atoms. The second-order valence-corrected chi connectivity index (χ2v) is 10.2. The van der Waals surface area contributed by atoms with Crippen molar-refractivity contribution in [3.63, 3.8) is 0 Å². The largest absolute Gasteiger partial charge is 0.339 e. The molecule has 2 amide bonds. The average Bonchev–Trinajstić information content (AvgIpc) is 3.26. The van der Waals surface area contributed by atoms with Gasteiger partial charge in [-0.3, -0.25) is 19.7 Å². The Labute approximate surface area is 216 Å². The summed E-state index contributed by atoms with van der Waals surface area (Å²) >= 11 is 0. The Morgan fingerprint density at radius 3 is 2.38 bits per heavy atom. The first-order valence-corrected chi connectivity index (χ1v) is 12.5. The molecule has 6 N–H and O–H groups in total. The number of nitrogens with zero attached hydrogens (tertiary/aromatic N) is 2. The Bertz CT molecular complexity index is 1130. The molecule has 1 aromatic heterocycles. The number of nitrogens with one attached hydrogen (secondary N) is 2. The minimum absolute atomic E-state index is 0.122. The summed E-state index contributed by atoms with van der Waals surface area (Å²) < 4.78 is 29.2. The maximum atomic E-state index is 13.8. The third-order valence-corrected chi connectivity index (χ3v) is 6.72. The number of rotatable bonds is 10. The highest BCUT2D eigenvalue weighted by atomic mass is 19.3. The fraction of sp³-hybridized carbons (Fsp3) is 0.481. The van der Waals surface area contributed by atoms with E-state index < -0.39 is 29.7 Å². The van der Waals surface area contributed by atoms with Gasteiger partial charge in [0.15, 0.2) is 5.71 Å². The zero-order valence-corrected chi connectivity index (χ0v) is 21.6. The Hall–Kier alpha value is -3.40. The molecule has 8 nitrogen and oxygen atoms in total. The molecule has 37 heavy (non-hydrogen) atoms. The number of hydrogen-bond acceptors (Lipinski definition) is 4. The number of alkyl halides is 2. The van der Waals surface area contributed by atoms with Gasteiger partial charge in [0.05, 0.1) is 12.5 Å². The van der Waals surface area contributed by atoms with Crippen molar-refractivity contribution in [3.8, 4) is 0 Å². The van der Waals surface area contributed by atoms with Crippen molar-refractivity contribution in [1.29, 1.82) is 0 Å². The monoisotopic (exact) mass is 515 g/mol. The van der Waals surface area contributed by atoms with Gasteiger partial charge in [-0.05, 0) is 56.4 Å². The molecule has 3 rings (SSSR count). The number of carbonyl (C=O) groups excluding carboxylic acids is 2. The van der Waals surface area contributed by atoms with Crippen LogP contribution in [0.5, 0.6) is 0 Å². The molecular weight excluding hydrogens is 478 g/mol. The lowest BCUT2D eigenvalue weighted by Gasteiger charge is -2.33. The van der Waals surface area contributed by atoms with Crippen LogP contribution in [0.2, 0.25) is 0 Å². The first-order chi connectivity index (χ1) is 17.4. The molecule has 1 aromatic carbocycles. The molecule has 1 saturated carbocycles. The van der Waals surface area contributed by atoms with Crippen molar-refractivity contribution in [1.82, 2.24) is 15.1 Å². The van der Waals surface area contributed by atoms with E-state index >= 15 is 0 Å². The predicted octanol–water partition coefficient (Wildman–Crippen LogP) is 2.67. The van der Waals surface area contributed by atoms with Crippen LogP contribution in [0, 0.1) is 5.92 Å². The molecule has 200 valence electrons. The average molecular weight is 516 g/mol. The highest BCUT2D eigenvalue weighted by Gasteiger charge is 2.40. The minimum Gasteiger partial charge on any atom is -0.339 e. The van der Waals surface area contributed by atoms with Gasteiger partial charge < -0.3 is 16.4 Å². The zero-order valence-electron chi connectivity index (χ0n) is 21.6. The van der Waals surface area contributed by atoms with Crippen molar-refractivity contribution in [2.75, 3.05) is 5.32 Å². The van der Waals surface area contributed by atoms with Gasteiger partial charge in [-0.2, -0.15) is 5.10 Å². The lowest BCUT2D eigenvalue weighted by Crippen LogP contribution is -2.50. The summed E-state index contributed by atoms with van der Waals surface area (Å²) in [5.41, 5.74) is 9.27. The van der Waals surface area contributed by atoms with E-state index in [9.17, 15) is 18.4 Å². The van der Waals surface area contributed by atoms with Crippen LogP contribution >= 0.6 is 0 Å². The van der Waals surface area contributed by atoms with Crippen molar-refractivity contribution in [2.24, 2.45) is 11.7 Å². The lowest BCUT2D eigenvalue weighted by molar-refractivity contribution is -0.121. The van der Waals surface area contributed by atoms with Crippen LogP contribution in [0.1, 0.15) is 68.4 Å². The van der Waals surface area contributed by atoms with Crippen molar-refractivity contribution < 1.29 is 23.8 Å². The van der Waals surface area contributed by atoms with Gasteiger partial charge in [0.2, 0.25) is 11.8 Å². The summed E-state index contributed by atoms with van der Waals surface area (Å²) in [6, 6.07) is 7.52. The Kier molecular flexibility index (Phi) is 8.96. The molecular formula is C27H37F2N6O2+. The molecule has 3 unspecified atom stereocenters. The molecule has 0 spiro atoms. The van der Waals surface area contributed by atoms with Crippen LogP contribution in [0.3, 0.4) is 0 Å². The summed E-state index contributed by atoms with van der Waals surface area (Å²) in [6.07, 6.45) is 1.08. The lowest BCUT2D eigenvalue weighted by atomic mass is 9.81. The third-order valence-electron chi connectivity index (χ3n) is 6.72. The maximum absolute atomic E-state index is 13.8. The molecule has 10 heteroatoms. The fourth-order valence-corrected chi connectivity index (χ4v) is 4.89. The molecule has 0 radical (unpaired) electrons. The maximum Gasteiger partial charge on any atom is 0.270 e. The number of halogens is 2. The Morgan fingerprint density at radius 1 is 1.22 bits per heavy atom. The van der Waals surface area contributed by atoms with Crippen LogP contribution in [0.25, 0.3) is 0 Å². The molecule has 0 saturated heterocycles. The highest BCUT2D eigenvalue weighted by molar-refractivity contribution is 6.00. The zero-order chi connectivity index (χ0) is 27.3. The van der Waals surface area contributed by atoms with Crippen molar-refractivity contribution >= 4 is 23.2 Å². The van der Waals surface area contributed by atoms with Crippen LogP contribution < -0.4 is 21.8 Å². The molecule has 1 heterocycles. The summed E-state index contributed by atoms with van der Waals surface area (Å²) in [6.45, 7) is 9.69. The Balaban J connectivity index is 1.80. The molecule has 3 atom stereocenters. The number of aromatic nitrogens is 2. The minimum atomic E-state index is -2.76. The normalized spacial score (nSPS) is 17.9. The van der Waals surface area contributed by atoms with Gasteiger partial charge in [-0.1, -0.05) is 24.3 Å². The van der Waals surface area contributed by atoms with E-state index in [0.29, 0.717) is 17.9 Å². The van der Waals surface area contributed by atoms with Crippen LogP contribution in [0.4, 0.5) is 14.5 Å². The summed E-state index contributed by atoms with van der Waals surface area (Å²) in [4.78, 5) is 26.5. The van der Waals surface area contributed by atoms with Crippen molar-refractivity contribution in [3.05, 3.63) is 59.9 Å². The van der Waals surface area contributed by atoms with Crippen LogP contribution in [-0.4, -0.2) is 45.3 Å². The van der Waals surface area contributed by atoms with E-state index in [4.69, 9.17) is 11.1 Å². The quantitative estimate of drug-likeness (QED) is 0.287. The molecule has 1 aliphatic carbocycles. The van der Waals surface area contributed by atoms with E-state index in [1.54, 1.807) is 18.2 Å². The van der Waals surface area contributed by atoms with Gasteiger partial charge in [-0.15, -0.1) is 0 Å². The number of anilines is 1. The molecule has 1 fully saturated rings. The van der Waals surface area contributed by atoms with Crippen LogP contribution in [-0.2, 0) is 11.3 Å². The first-order valence-electron chi connectivity index (χ1n) is 12.5. The standard InChI is InChI=1S/C27H36F2N6O2/c1-16(2)15-35-22(11-14-32-35)25(36)34-24(20-9-12-27(28,29)13-10-20)26(37)33-21-7-5-19(6-8-21)23(17(3)30)18(4)31/h5-8,11,14,17,20,23-24,31H,1,9-10,12-13,15,30H2,2-4H3,(H,33,37)(H,34,36)/p+1. The van der Waals surface area contributed by atoms with E-state index in [-0.39, 0.29) is 43.3 Å². The topological polar surface area (TPSA) is 128 Å². The number of benzene rings is 1. The van der Waals surface area contributed by atoms with Gasteiger partial charge in [0, 0.05) is 37.7 Å². The smallest absolute Gasteiger partial charge is 0.270 e. The number of carbonyl (C=O) groups is 2. The van der Waals surface area contributed by atoms with E-state index in [1.807, 2.05) is 32.9 Å². The van der Waals surface area contributed by atoms with Gasteiger partial charge in [0.1, 0.15) is 11.7 Å². The number of amides is 2. The summed E-state index contributed by atoms with van der Waals surface area (Å²) in [5, 5.41) is 15.8. The summed E-state index contributed by atoms with van der Waals surface area (Å²) in [5.74, 6) is -4.29. The van der Waals surface area contributed by atoms with E-state index in [0.717, 1.165) is 11.1 Å². The number of allylic oxidation sites excluding steroid dienone is 1. The predicted molar refractivity (Wildman–Crippen MR) is 139 cm³/mol. The number of hydrogen-bond donors (Lipinski definition) is 4. The molecule has 2 aromatic rings. The fourth-order valence-electron chi connectivity index (χ4n) is 4.89. The SMILES string of the molecule is C=C(C)Cn1nccc1C(=O)NC(C(=O)Nc1ccc(C(C(C)=[NH2+])C(C)N)cc1)C1CCC(F)(F)CC1. The van der Waals surface area contributed by atoms with Gasteiger partial charge in [-0.25, -0.2) is 8.78 Å². The van der Waals surface area contributed by atoms with Gasteiger partial charge >= 0.3 is 0 Å². The van der Waals surface area contributed by atoms with Gasteiger partial charge in [0.25, 0.3) is 5.91 Å². The third kappa shape index (κ3) is 7.31. The second-order valence-electron chi connectivity index (χ2n) is 10.2. The second kappa shape index (κ2) is 11.8. The van der Waals surface area contributed by atoms with E-state index in [2.05, 4.69) is 22.3 Å². The van der Waals surface area contributed by atoms with E-state index in [1.165, 1.54) is 10.9 Å². The Morgan fingerprint density at radius 2 is 1.84 bits per heavy atom.